The minimum atomic E-state index is 0.507. The summed E-state index contributed by atoms with van der Waals surface area (Å²) >= 11 is 0. The van der Waals surface area contributed by atoms with Gasteiger partial charge in [0, 0.05) is 0 Å². The molecule has 16 heavy (non-hydrogen) atoms. The van der Waals surface area contributed by atoms with Crippen LogP contribution in [0, 0.1) is 11.3 Å². The standard InChI is InChI=1S/C16H32/c1-6-8-9-10-12-15(11-7-2)13-14-16(3,4)5/h6,15H,1,7-14H2,2-5H3. The second-order valence-corrected chi connectivity index (χ2v) is 6.33. The van der Waals surface area contributed by atoms with Gasteiger partial charge in [-0.25, -0.2) is 0 Å². The molecule has 0 saturated heterocycles. The van der Waals surface area contributed by atoms with E-state index < -0.39 is 0 Å². The third-order valence-corrected chi connectivity index (χ3v) is 3.27. The number of unbranched alkanes of at least 4 members (excludes halogenated alkanes) is 2. The maximum atomic E-state index is 3.78. The molecule has 0 heteroatoms. The van der Waals surface area contributed by atoms with Gasteiger partial charge in [-0.2, -0.15) is 0 Å². The first-order valence-corrected chi connectivity index (χ1v) is 7.10. The lowest BCUT2D eigenvalue weighted by atomic mass is 9.83. The van der Waals surface area contributed by atoms with Crippen LogP contribution in [0.3, 0.4) is 0 Å². The average Bonchev–Trinajstić information content (AvgIpc) is 2.19. The topological polar surface area (TPSA) is 0 Å². The number of rotatable bonds is 9. The maximum absolute atomic E-state index is 3.78. The van der Waals surface area contributed by atoms with E-state index in [2.05, 4.69) is 34.3 Å². The highest BCUT2D eigenvalue weighted by Crippen LogP contribution is 2.28. The maximum Gasteiger partial charge on any atom is -0.0353 e. The Morgan fingerprint density at radius 1 is 1.06 bits per heavy atom. The van der Waals surface area contributed by atoms with E-state index in [4.69, 9.17) is 0 Å². The molecule has 0 amide bonds. The molecule has 0 aliphatic carbocycles. The van der Waals surface area contributed by atoms with Crippen LogP contribution in [0.25, 0.3) is 0 Å². The zero-order valence-electron chi connectivity index (χ0n) is 12.0. The van der Waals surface area contributed by atoms with Crippen molar-refractivity contribution in [1.82, 2.24) is 0 Å². The molecule has 0 aliphatic rings. The minimum absolute atomic E-state index is 0.507. The average molecular weight is 224 g/mol. The molecular formula is C16H32. The third kappa shape index (κ3) is 10.3. The Labute approximate surface area is 104 Å². The zero-order valence-corrected chi connectivity index (χ0v) is 12.0. The zero-order chi connectivity index (χ0) is 12.4. The van der Waals surface area contributed by atoms with Crippen LogP contribution in [0.2, 0.25) is 0 Å². The highest BCUT2D eigenvalue weighted by Gasteiger charge is 2.14. The first kappa shape index (κ1) is 15.7. The van der Waals surface area contributed by atoms with Crippen LogP contribution in [0.1, 0.15) is 79.1 Å². The van der Waals surface area contributed by atoms with Crippen molar-refractivity contribution >= 4 is 0 Å². The summed E-state index contributed by atoms with van der Waals surface area (Å²) in [4.78, 5) is 0. The summed E-state index contributed by atoms with van der Waals surface area (Å²) in [5, 5.41) is 0. The molecule has 0 aliphatic heterocycles. The predicted octanol–water partition coefficient (Wildman–Crippen LogP) is 5.98. The molecule has 0 aromatic rings. The summed E-state index contributed by atoms with van der Waals surface area (Å²) < 4.78 is 0. The van der Waals surface area contributed by atoms with E-state index in [9.17, 15) is 0 Å². The lowest BCUT2D eigenvalue weighted by Crippen LogP contribution is -2.09. The number of allylic oxidation sites excluding steroid dienone is 1. The SMILES string of the molecule is C=CCCCCC(CCC)CCC(C)(C)C. The Hall–Kier alpha value is -0.260. The van der Waals surface area contributed by atoms with Gasteiger partial charge in [0.15, 0.2) is 0 Å². The van der Waals surface area contributed by atoms with Crippen molar-refractivity contribution in [3.8, 4) is 0 Å². The van der Waals surface area contributed by atoms with E-state index in [0.717, 1.165) is 5.92 Å². The summed E-state index contributed by atoms with van der Waals surface area (Å²) in [6, 6.07) is 0. The first-order valence-electron chi connectivity index (χ1n) is 7.10. The molecule has 0 nitrogen and oxygen atoms in total. The molecule has 1 atom stereocenters. The van der Waals surface area contributed by atoms with E-state index in [0.29, 0.717) is 5.41 Å². The third-order valence-electron chi connectivity index (χ3n) is 3.27. The van der Waals surface area contributed by atoms with Crippen molar-refractivity contribution in [3.63, 3.8) is 0 Å². The molecular weight excluding hydrogens is 192 g/mol. The van der Waals surface area contributed by atoms with Gasteiger partial charge in [0.1, 0.15) is 0 Å². The van der Waals surface area contributed by atoms with E-state index in [-0.39, 0.29) is 0 Å². The molecule has 0 spiro atoms. The van der Waals surface area contributed by atoms with E-state index in [1.165, 1.54) is 51.4 Å². The van der Waals surface area contributed by atoms with Crippen molar-refractivity contribution < 1.29 is 0 Å². The van der Waals surface area contributed by atoms with Crippen LogP contribution in [-0.2, 0) is 0 Å². The van der Waals surface area contributed by atoms with Gasteiger partial charge in [0.05, 0.1) is 0 Å². The first-order chi connectivity index (χ1) is 7.49. The molecule has 96 valence electrons. The van der Waals surface area contributed by atoms with Gasteiger partial charge in [-0.1, -0.05) is 59.5 Å². The quantitative estimate of drug-likeness (QED) is 0.334. The summed E-state index contributed by atoms with van der Waals surface area (Å²) in [6.45, 7) is 13.2. The van der Waals surface area contributed by atoms with Gasteiger partial charge in [-0.05, 0) is 37.0 Å². The van der Waals surface area contributed by atoms with Gasteiger partial charge in [0.25, 0.3) is 0 Å². The van der Waals surface area contributed by atoms with Gasteiger partial charge >= 0.3 is 0 Å². The second kappa shape index (κ2) is 8.84. The Bertz CT molecular complexity index is 161. The molecule has 0 aromatic heterocycles. The molecule has 0 radical (unpaired) electrons. The van der Waals surface area contributed by atoms with E-state index in [1.807, 2.05) is 6.08 Å². The molecule has 0 bridgehead atoms. The van der Waals surface area contributed by atoms with Crippen LogP contribution >= 0.6 is 0 Å². The molecule has 0 fully saturated rings. The molecule has 0 rings (SSSR count). The van der Waals surface area contributed by atoms with E-state index in [1.54, 1.807) is 0 Å². The van der Waals surface area contributed by atoms with Crippen molar-refractivity contribution in [3.05, 3.63) is 12.7 Å². The van der Waals surface area contributed by atoms with Crippen LogP contribution in [0.5, 0.6) is 0 Å². The normalized spacial score (nSPS) is 13.8. The van der Waals surface area contributed by atoms with E-state index >= 15 is 0 Å². The van der Waals surface area contributed by atoms with Crippen molar-refractivity contribution in [2.24, 2.45) is 11.3 Å². The fourth-order valence-corrected chi connectivity index (χ4v) is 2.20. The van der Waals surface area contributed by atoms with Crippen LogP contribution in [0.15, 0.2) is 12.7 Å². The van der Waals surface area contributed by atoms with Gasteiger partial charge < -0.3 is 0 Å². The predicted molar refractivity (Wildman–Crippen MR) is 75.8 cm³/mol. The lowest BCUT2D eigenvalue weighted by Gasteiger charge is -2.23. The van der Waals surface area contributed by atoms with Crippen LogP contribution in [-0.4, -0.2) is 0 Å². The molecule has 0 aromatic carbocycles. The Balaban J connectivity index is 3.74. The minimum Gasteiger partial charge on any atom is -0.103 e. The van der Waals surface area contributed by atoms with Gasteiger partial charge in [0.2, 0.25) is 0 Å². The number of hydrogen-bond donors (Lipinski definition) is 0. The highest BCUT2D eigenvalue weighted by molar-refractivity contribution is 4.69. The fourth-order valence-electron chi connectivity index (χ4n) is 2.20. The summed E-state index contributed by atoms with van der Waals surface area (Å²) in [5.41, 5.74) is 0.507. The Morgan fingerprint density at radius 3 is 2.25 bits per heavy atom. The van der Waals surface area contributed by atoms with Crippen molar-refractivity contribution in [1.29, 1.82) is 0 Å². The fraction of sp³-hybridized carbons (Fsp3) is 0.875. The van der Waals surface area contributed by atoms with Crippen molar-refractivity contribution in [2.75, 3.05) is 0 Å². The second-order valence-electron chi connectivity index (χ2n) is 6.33. The van der Waals surface area contributed by atoms with Gasteiger partial charge in [-0.15, -0.1) is 6.58 Å². The lowest BCUT2D eigenvalue weighted by molar-refractivity contribution is 0.298. The summed E-state index contributed by atoms with van der Waals surface area (Å²) in [6.07, 6.45) is 12.9. The molecule has 0 N–H and O–H groups in total. The molecule has 1 unspecified atom stereocenters. The van der Waals surface area contributed by atoms with Crippen molar-refractivity contribution in [2.45, 2.75) is 79.1 Å². The summed E-state index contributed by atoms with van der Waals surface area (Å²) in [5.74, 6) is 0.967. The molecule has 0 heterocycles. The number of hydrogen-bond acceptors (Lipinski definition) is 0. The smallest absolute Gasteiger partial charge is 0.0353 e. The highest BCUT2D eigenvalue weighted by atomic mass is 14.2. The monoisotopic (exact) mass is 224 g/mol. The largest absolute Gasteiger partial charge is 0.103 e. The Morgan fingerprint density at radius 2 is 1.75 bits per heavy atom. The Kier molecular flexibility index (Phi) is 8.70. The summed E-state index contributed by atoms with van der Waals surface area (Å²) in [7, 11) is 0. The van der Waals surface area contributed by atoms with Crippen LogP contribution in [0.4, 0.5) is 0 Å². The van der Waals surface area contributed by atoms with Gasteiger partial charge in [-0.3, -0.25) is 0 Å². The van der Waals surface area contributed by atoms with Crippen LogP contribution < -0.4 is 0 Å². The molecule has 0 saturated carbocycles.